The number of rotatable bonds is 4. The molecule has 2 rings (SSSR count). The molecule has 3 nitrogen and oxygen atoms in total. The number of nitrogens with two attached hydrogens (primary N) is 1. The fourth-order valence-corrected chi connectivity index (χ4v) is 2.18. The van der Waals surface area contributed by atoms with Crippen LogP contribution < -0.4 is 5.73 Å². The van der Waals surface area contributed by atoms with Gasteiger partial charge in [-0.25, -0.2) is 0 Å². The summed E-state index contributed by atoms with van der Waals surface area (Å²) >= 11 is 3.41. The molecule has 0 saturated heterocycles. The Bertz CT molecular complexity index is 596. The summed E-state index contributed by atoms with van der Waals surface area (Å²) in [5.41, 5.74) is 6.25. The van der Waals surface area contributed by atoms with Crippen LogP contribution in [0.5, 0.6) is 0 Å². The van der Waals surface area contributed by atoms with Gasteiger partial charge >= 0.3 is 0 Å². The number of Topliss-reactive ketones (excluding diaryl/α,β-unsaturated/α-hetero) is 1. The van der Waals surface area contributed by atoms with Crippen LogP contribution in [-0.4, -0.2) is 11.3 Å². The Morgan fingerprint density at radius 1 is 1.32 bits per heavy atom. The Labute approximate surface area is 120 Å². The standard InChI is InChI=1S/C15H16BrNO2/c1-15(2,17)9-12(18)14-7-6-13(19-14)10-4-3-5-11(16)8-10/h3-8H,9,17H2,1-2H3. The highest BCUT2D eigenvalue weighted by Gasteiger charge is 2.20. The molecule has 4 heteroatoms. The van der Waals surface area contributed by atoms with Gasteiger partial charge in [0.1, 0.15) is 5.76 Å². The minimum atomic E-state index is -0.528. The van der Waals surface area contributed by atoms with Crippen molar-refractivity contribution >= 4 is 21.7 Å². The van der Waals surface area contributed by atoms with E-state index in [4.69, 9.17) is 10.2 Å². The van der Waals surface area contributed by atoms with Gasteiger partial charge in [0.05, 0.1) is 0 Å². The highest BCUT2D eigenvalue weighted by atomic mass is 79.9. The van der Waals surface area contributed by atoms with E-state index in [2.05, 4.69) is 15.9 Å². The summed E-state index contributed by atoms with van der Waals surface area (Å²) in [6, 6.07) is 11.2. The fourth-order valence-electron chi connectivity index (χ4n) is 1.79. The van der Waals surface area contributed by atoms with E-state index in [9.17, 15) is 4.79 Å². The summed E-state index contributed by atoms with van der Waals surface area (Å²) in [7, 11) is 0. The summed E-state index contributed by atoms with van der Waals surface area (Å²) in [6.07, 6.45) is 0.262. The second-order valence-electron chi connectivity index (χ2n) is 5.26. The number of ketones is 1. The molecule has 0 radical (unpaired) electrons. The van der Waals surface area contributed by atoms with Gasteiger partial charge in [-0.1, -0.05) is 28.1 Å². The van der Waals surface area contributed by atoms with E-state index in [-0.39, 0.29) is 12.2 Å². The number of carbonyl (C=O) groups excluding carboxylic acids is 1. The maximum atomic E-state index is 12.0. The quantitative estimate of drug-likeness (QED) is 0.865. The van der Waals surface area contributed by atoms with Gasteiger partial charge in [0.2, 0.25) is 0 Å². The number of halogens is 1. The maximum absolute atomic E-state index is 12.0. The number of hydrogen-bond donors (Lipinski definition) is 1. The monoisotopic (exact) mass is 321 g/mol. The van der Waals surface area contributed by atoms with Gasteiger partial charge < -0.3 is 10.2 Å². The van der Waals surface area contributed by atoms with Gasteiger partial charge in [-0.15, -0.1) is 0 Å². The van der Waals surface area contributed by atoms with Crippen LogP contribution in [0.25, 0.3) is 11.3 Å². The zero-order valence-electron chi connectivity index (χ0n) is 10.9. The molecule has 2 aromatic rings. The Hall–Kier alpha value is -1.39. The van der Waals surface area contributed by atoms with Crippen LogP contribution in [0.1, 0.15) is 30.8 Å². The smallest absolute Gasteiger partial charge is 0.199 e. The molecule has 0 fully saturated rings. The van der Waals surface area contributed by atoms with E-state index in [1.54, 1.807) is 12.1 Å². The fraction of sp³-hybridized carbons (Fsp3) is 0.267. The average molecular weight is 322 g/mol. The minimum absolute atomic E-state index is 0.0752. The first-order valence-corrected chi connectivity index (χ1v) is 6.82. The van der Waals surface area contributed by atoms with Gasteiger partial charge in [0.25, 0.3) is 0 Å². The van der Waals surface area contributed by atoms with Crippen molar-refractivity contribution < 1.29 is 9.21 Å². The first-order valence-electron chi connectivity index (χ1n) is 6.03. The molecule has 1 heterocycles. The van der Waals surface area contributed by atoms with E-state index in [0.717, 1.165) is 10.0 Å². The normalized spacial score (nSPS) is 11.6. The zero-order chi connectivity index (χ0) is 14.0. The first-order chi connectivity index (χ1) is 8.85. The number of hydrogen-bond acceptors (Lipinski definition) is 3. The van der Waals surface area contributed by atoms with Gasteiger partial charge in [0, 0.05) is 22.0 Å². The zero-order valence-corrected chi connectivity index (χ0v) is 12.5. The molecule has 0 amide bonds. The Kier molecular flexibility index (Phi) is 3.92. The second-order valence-corrected chi connectivity index (χ2v) is 6.18. The van der Waals surface area contributed by atoms with E-state index >= 15 is 0 Å². The summed E-state index contributed by atoms with van der Waals surface area (Å²) in [5, 5.41) is 0. The average Bonchev–Trinajstić information content (AvgIpc) is 2.75. The van der Waals surface area contributed by atoms with E-state index in [1.165, 1.54) is 0 Å². The summed E-state index contributed by atoms with van der Waals surface area (Å²) in [4.78, 5) is 12.0. The molecule has 0 saturated carbocycles. The third kappa shape index (κ3) is 3.78. The van der Waals surface area contributed by atoms with Crippen LogP contribution in [0.3, 0.4) is 0 Å². The predicted octanol–water partition coefficient (Wildman–Crippen LogP) is 4.02. The molecule has 0 spiro atoms. The van der Waals surface area contributed by atoms with E-state index < -0.39 is 5.54 Å². The topological polar surface area (TPSA) is 56.2 Å². The van der Waals surface area contributed by atoms with Crippen molar-refractivity contribution in [3.05, 3.63) is 46.6 Å². The molecule has 0 aliphatic carbocycles. The van der Waals surface area contributed by atoms with Crippen molar-refractivity contribution in [1.82, 2.24) is 0 Å². The lowest BCUT2D eigenvalue weighted by molar-refractivity contribution is 0.0934. The van der Waals surface area contributed by atoms with Crippen LogP contribution in [-0.2, 0) is 0 Å². The molecule has 0 unspecified atom stereocenters. The molecular formula is C15H16BrNO2. The van der Waals surface area contributed by atoms with Crippen molar-refractivity contribution in [2.24, 2.45) is 5.73 Å². The number of furan rings is 1. The first kappa shape index (κ1) is 14.0. The highest BCUT2D eigenvalue weighted by molar-refractivity contribution is 9.10. The SMILES string of the molecule is CC(C)(N)CC(=O)c1ccc(-c2cccc(Br)c2)o1. The third-order valence-electron chi connectivity index (χ3n) is 2.61. The van der Waals surface area contributed by atoms with Crippen LogP contribution in [0.4, 0.5) is 0 Å². The Morgan fingerprint density at radius 3 is 2.68 bits per heavy atom. The van der Waals surface area contributed by atoms with Crippen molar-refractivity contribution in [3.63, 3.8) is 0 Å². The van der Waals surface area contributed by atoms with Gasteiger partial charge in [-0.3, -0.25) is 4.79 Å². The molecule has 0 bridgehead atoms. The molecule has 1 aromatic carbocycles. The summed E-state index contributed by atoms with van der Waals surface area (Å²) < 4.78 is 6.58. The summed E-state index contributed by atoms with van der Waals surface area (Å²) in [6.45, 7) is 3.64. The molecule has 100 valence electrons. The molecule has 19 heavy (non-hydrogen) atoms. The van der Waals surface area contributed by atoms with E-state index in [1.807, 2.05) is 38.1 Å². The van der Waals surface area contributed by atoms with Crippen molar-refractivity contribution in [2.75, 3.05) is 0 Å². The van der Waals surface area contributed by atoms with Gasteiger partial charge in [0.15, 0.2) is 11.5 Å². The molecule has 0 aliphatic rings. The third-order valence-corrected chi connectivity index (χ3v) is 3.10. The largest absolute Gasteiger partial charge is 0.453 e. The predicted molar refractivity (Wildman–Crippen MR) is 79.1 cm³/mol. The molecule has 1 aromatic heterocycles. The lowest BCUT2D eigenvalue weighted by Crippen LogP contribution is -2.34. The molecule has 0 aliphatic heterocycles. The minimum Gasteiger partial charge on any atom is -0.453 e. The molecule has 2 N–H and O–H groups in total. The van der Waals surface area contributed by atoms with Crippen LogP contribution in [0, 0.1) is 0 Å². The van der Waals surface area contributed by atoms with Gasteiger partial charge in [-0.05, 0) is 38.1 Å². The second kappa shape index (κ2) is 5.31. The van der Waals surface area contributed by atoms with Crippen molar-refractivity contribution in [1.29, 1.82) is 0 Å². The number of carbonyl (C=O) groups is 1. The summed E-state index contributed by atoms with van der Waals surface area (Å²) in [5.74, 6) is 0.960. The van der Waals surface area contributed by atoms with E-state index in [0.29, 0.717) is 11.5 Å². The molecular weight excluding hydrogens is 306 g/mol. The Balaban J connectivity index is 2.22. The van der Waals surface area contributed by atoms with Crippen molar-refractivity contribution in [2.45, 2.75) is 25.8 Å². The van der Waals surface area contributed by atoms with Crippen LogP contribution in [0.15, 0.2) is 45.3 Å². The van der Waals surface area contributed by atoms with Crippen LogP contribution >= 0.6 is 15.9 Å². The van der Waals surface area contributed by atoms with Crippen molar-refractivity contribution in [3.8, 4) is 11.3 Å². The maximum Gasteiger partial charge on any atom is 0.199 e. The number of benzene rings is 1. The van der Waals surface area contributed by atoms with Crippen LogP contribution in [0.2, 0.25) is 0 Å². The van der Waals surface area contributed by atoms with Gasteiger partial charge in [-0.2, -0.15) is 0 Å². The lowest BCUT2D eigenvalue weighted by atomic mass is 9.98. The highest BCUT2D eigenvalue weighted by Crippen LogP contribution is 2.26. The Morgan fingerprint density at radius 2 is 2.05 bits per heavy atom. The lowest BCUT2D eigenvalue weighted by Gasteiger charge is -2.15. The molecule has 0 atom stereocenters.